The lowest BCUT2D eigenvalue weighted by molar-refractivity contribution is 0.434. The lowest BCUT2D eigenvalue weighted by atomic mass is 10.1. The van der Waals surface area contributed by atoms with Gasteiger partial charge >= 0.3 is 0 Å². The second kappa shape index (κ2) is 10.1. The van der Waals surface area contributed by atoms with Crippen LogP contribution in [0.3, 0.4) is 0 Å². The van der Waals surface area contributed by atoms with Crippen LogP contribution in [0.2, 0.25) is 0 Å². The minimum atomic E-state index is 1.14. The van der Waals surface area contributed by atoms with Gasteiger partial charge in [0, 0.05) is 21.5 Å². The molecular formula is C26H34N2. The van der Waals surface area contributed by atoms with Gasteiger partial charge in [-0.25, -0.2) is 0 Å². The van der Waals surface area contributed by atoms with Gasteiger partial charge in [-0.05, 0) is 32.8 Å². The van der Waals surface area contributed by atoms with Gasteiger partial charge in [-0.3, -0.25) is 0 Å². The fourth-order valence-corrected chi connectivity index (χ4v) is 3.38. The minimum absolute atomic E-state index is 1.14. The summed E-state index contributed by atoms with van der Waals surface area (Å²) in [6.45, 7) is 11.3. The number of nitrogens with zero attached hydrogens (tertiary/aromatic N) is 2. The molecular weight excluding hydrogens is 340 g/mol. The van der Waals surface area contributed by atoms with Gasteiger partial charge < -0.3 is 9.30 Å². The van der Waals surface area contributed by atoms with E-state index in [9.17, 15) is 0 Å². The molecule has 0 bridgehead atoms. The molecule has 0 spiro atoms. The molecule has 0 atom stereocenters. The van der Waals surface area contributed by atoms with Crippen LogP contribution in [0.5, 0.6) is 0 Å². The van der Waals surface area contributed by atoms with Crippen molar-refractivity contribution in [2.45, 2.75) is 34.6 Å². The minimum Gasteiger partial charge on any atom is -0.310 e. The van der Waals surface area contributed by atoms with Crippen LogP contribution in [0.15, 0.2) is 66.7 Å². The molecule has 0 aliphatic carbocycles. The van der Waals surface area contributed by atoms with Gasteiger partial charge in [0.05, 0.1) is 16.6 Å². The predicted octanol–water partition coefficient (Wildman–Crippen LogP) is 7.46. The van der Waals surface area contributed by atoms with Crippen molar-refractivity contribution >= 4 is 38.1 Å². The molecule has 5 aromatic rings. The SMILES string of the molecule is CC.CC.CCN(C)C.c1ccc2c(c1)c1cccc3c4ccccc4n2c13. The molecule has 2 heteroatoms. The number of fused-ring (bicyclic) bond motifs is 6. The first-order valence-electron chi connectivity index (χ1n) is 10.5. The Morgan fingerprint density at radius 3 is 1.36 bits per heavy atom. The Balaban J connectivity index is 0.000000271. The molecule has 5 rings (SSSR count). The zero-order chi connectivity index (χ0) is 20.7. The van der Waals surface area contributed by atoms with Crippen molar-refractivity contribution in [3.05, 3.63) is 66.7 Å². The smallest absolute Gasteiger partial charge is 0.0620 e. The average Bonchev–Trinajstić information content (AvgIpc) is 3.29. The molecule has 0 radical (unpaired) electrons. The van der Waals surface area contributed by atoms with E-state index in [2.05, 4.69) is 97.0 Å². The molecule has 0 N–H and O–H groups in total. The predicted molar refractivity (Wildman–Crippen MR) is 128 cm³/mol. The zero-order valence-corrected chi connectivity index (χ0v) is 18.5. The first-order valence-corrected chi connectivity index (χ1v) is 10.5. The fraction of sp³-hybridized carbons (Fsp3) is 0.308. The van der Waals surface area contributed by atoms with E-state index < -0.39 is 0 Å². The van der Waals surface area contributed by atoms with Gasteiger partial charge in [0.15, 0.2) is 0 Å². The van der Waals surface area contributed by atoms with E-state index >= 15 is 0 Å². The highest BCUT2D eigenvalue weighted by Crippen LogP contribution is 2.38. The van der Waals surface area contributed by atoms with Crippen LogP contribution >= 0.6 is 0 Å². The Morgan fingerprint density at radius 1 is 0.607 bits per heavy atom. The molecule has 2 aromatic heterocycles. The van der Waals surface area contributed by atoms with Crippen molar-refractivity contribution in [3.63, 3.8) is 0 Å². The number of benzene rings is 3. The molecule has 28 heavy (non-hydrogen) atoms. The van der Waals surface area contributed by atoms with E-state index in [0.717, 1.165) is 6.54 Å². The summed E-state index contributed by atoms with van der Waals surface area (Å²) in [5, 5.41) is 5.39. The van der Waals surface area contributed by atoms with Crippen molar-refractivity contribution in [2.24, 2.45) is 0 Å². The number of hydrogen-bond acceptors (Lipinski definition) is 1. The van der Waals surface area contributed by atoms with Crippen molar-refractivity contribution in [3.8, 4) is 0 Å². The van der Waals surface area contributed by atoms with Crippen LogP contribution in [-0.4, -0.2) is 29.9 Å². The highest BCUT2D eigenvalue weighted by atomic mass is 15.0. The lowest BCUT2D eigenvalue weighted by Crippen LogP contribution is -2.08. The summed E-state index contributed by atoms with van der Waals surface area (Å²) in [4.78, 5) is 2.12. The second-order valence-electron chi connectivity index (χ2n) is 6.47. The first kappa shape index (κ1) is 21.7. The standard InChI is InChI=1S/C18H11N.C4H11N.2C2H6/c1-3-10-16-12(6-1)14-8-5-9-15-13-7-2-4-11-17(13)19(16)18(14)15;1-4-5(2)3;2*1-2/h1-11H;4H2,1-3H3;2*1-2H3. The molecule has 0 aliphatic rings. The molecule has 0 saturated heterocycles. The van der Waals surface area contributed by atoms with Crippen LogP contribution in [0, 0.1) is 0 Å². The van der Waals surface area contributed by atoms with Crippen molar-refractivity contribution in [1.82, 2.24) is 9.30 Å². The Labute approximate surface area is 169 Å². The summed E-state index contributed by atoms with van der Waals surface area (Å²) >= 11 is 0. The third-order valence-corrected chi connectivity index (χ3v) is 4.76. The van der Waals surface area contributed by atoms with Crippen LogP contribution < -0.4 is 0 Å². The molecule has 148 valence electrons. The molecule has 0 saturated carbocycles. The van der Waals surface area contributed by atoms with Crippen molar-refractivity contribution in [1.29, 1.82) is 0 Å². The van der Waals surface area contributed by atoms with Crippen LogP contribution in [-0.2, 0) is 0 Å². The zero-order valence-electron chi connectivity index (χ0n) is 18.5. The van der Waals surface area contributed by atoms with Gasteiger partial charge in [0.1, 0.15) is 0 Å². The lowest BCUT2D eigenvalue weighted by Gasteiger charge is -2.00. The van der Waals surface area contributed by atoms with Gasteiger partial charge in [-0.1, -0.05) is 89.2 Å². The van der Waals surface area contributed by atoms with E-state index in [0.29, 0.717) is 0 Å². The third-order valence-electron chi connectivity index (χ3n) is 4.76. The quantitative estimate of drug-likeness (QED) is 0.295. The average molecular weight is 375 g/mol. The Hall–Kier alpha value is -2.58. The van der Waals surface area contributed by atoms with Gasteiger partial charge in [0.2, 0.25) is 0 Å². The first-order chi connectivity index (χ1) is 13.7. The summed E-state index contributed by atoms with van der Waals surface area (Å²) in [6.07, 6.45) is 0. The fourth-order valence-electron chi connectivity index (χ4n) is 3.38. The van der Waals surface area contributed by atoms with E-state index in [-0.39, 0.29) is 0 Å². The normalized spacial score (nSPS) is 10.4. The van der Waals surface area contributed by atoms with Crippen LogP contribution in [0.25, 0.3) is 38.1 Å². The summed E-state index contributed by atoms with van der Waals surface area (Å²) in [7, 11) is 4.11. The maximum Gasteiger partial charge on any atom is 0.0620 e. The van der Waals surface area contributed by atoms with Gasteiger partial charge in [0.25, 0.3) is 0 Å². The number of rotatable bonds is 1. The Kier molecular flexibility index (Phi) is 7.83. The molecule has 2 heterocycles. The summed E-state index contributed by atoms with van der Waals surface area (Å²) < 4.78 is 2.40. The Morgan fingerprint density at radius 2 is 0.964 bits per heavy atom. The van der Waals surface area contributed by atoms with Crippen molar-refractivity contribution in [2.75, 3.05) is 20.6 Å². The largest absolute Gasteiger partial charge is 0.310 e. The van der Waals surface area contributed by atoms with E-state index in [1.807, 2.05) is 27.7 Å². The number of para-hydroxylation sites is 3. The maximum atomic E-state index is 2.40. The van der Waals surface area contributed by atoms with E-state index in [4.69, 9.17) is 0 Å². The monoisotopic (exact) mass is 374 g/mol. The van der Waals surface area contributed by atoms with Gasteiger partial charge in [-0.2, -0.15) is 0 Å². The molecule has 0 unspecified atom stereocenters. The van der Waals surface area contributed by atoms with Crippen molar-refractivity contribution < 1.29 is 0 Å². The Bertz CT molecular complexity index is 1040. The second-order valence-corrected chi connectivity index (χ2v) is 6.47. The number of hydrogen-bond donors (Lipinski definition) is 0. The molecule has 0 aliphatic heterocycles. The highest BCUT2D eigenvalue weighted by molar-refractivity contribution is 6.23. The van der Waals surface area contributed by atoms with Crippen LogP contribution in [0.1, 0.15) is 34.6 Å². The molecule has 0 fully saturated rings. The number of aromatic nitrogens is 1. The summed E-state index contributed by atoms with van der Waals surface area (Å²) in [6, 6.07) is 23.9. The molecule has 3 aromatic carbocycles. The highest BCUT2D eigenvalue weighted by Gasteiger charge is 2.15. The summed E-state index contributed by atoms with van der Waals surface area (Å²) in [5.41, 5.74) is 3.95. The third kappa shape index (κ3) is 3.83. The topological polar surface area (TPSA) is 7.65 Å². The molecule has 2 nitrogen and oxygen atoms in total. The summed E-state index contributed by atoms with van der Waals surface area (Å²) in [5.74, 6) is 0. The van der Waals surface area contributed by atoms with E-state index in [1.54, 1.807) is 0 Å². The maximum absolute atomic E-state index is 2.40. The molecule has 0 amide bonds. The van der Waals surface area contributed by atoms with Crippen LogP contribution in [0.4, 0.5) is 0 Å². The van der Waals surface area contributed by atoms with Gasteiger partial charge in [-0.15, -0.1) is 0 Å². The van der Waals surface area contributed by atoms with E-state index in [1.165, 1.54) is 38.1 Å².